The molecule has 2 N–H and O–H groups in total. The monoisotopic (exact) mass is 210 g/mol. The van der Waals surface area contributed by atoms with Crippen LogP contribution in [0.2, 0.25) is 0 Å². The predicted molar refractivity (Wildman–Crippen MR) is 48.4 cm³/mol. The van der Waals surface area contributed by atoms with Gasteiger partial charge in [0.05, 0.1) is 18.1 Å². The molecule has 0 amide bonds. The molecule has 1 unspecified atom stereocenters. The number of rotatable bonds is 1. The van der Waals surface area contributed by atoms with Crippen LogP contribution < -0.4 is 5.73 Å². The zero-order valence-electron chi connectivity index (χ0n) is 7.69. The molecule has 0 saturated heterocycles. The molecule has 1 aliphatic rings. The maximum atomic E-state index is 13.1. The highest BCUT2D eigenvalue weighted by molar-refractivity contribution is 5.42. The fourth-order valence-electron chi connectivity index (χ4n) is 1.76. The standard InChI is InChI=1S/C9H8F2N4/c10-9(11)5-8(9,12)6-3-14-7-4-13-1-2-15(6)7/h1-4H,5,12H2. The van der Waals surface area contributed by atoms with Gasteiger partial charge in [-0.1, -0.05) is 0 Å². The Kier molecular flexibility index (Phi) is 1.35. The summed E-state index contributed by atoms with van der Waals surface area (Å²) >= 11 is 0. The first-order valence-corrected chi connectivity index (χ1v) is 4.49. The highest BCUT2D eigenvalue weighted by Crippen LogP contribution is 2.57. The maximum absolute atomic E-state index is 13.1. The van der Waals surface area contributed by atoms with Crippen molar-refractivity contribution in [3.05, 3.63) is 30.5 Å². The van der Waals surface area contributed by atoms with E-state index < -0.39 is 11.5 Å². The van der Waals surface area contributed by atoms with Gasteiger partial charge in [0.2, 0.25) is 0 Å². The second kappa shape index (κ2) is 2.33. The van der Waals surface area contributed by atoms with Gasteiger partial charge in [-0.25, -0.2) is 13.8 Å². The van der Waals surface area contributed by atoms with Crippen molar-refractivity contribution >= 4 is 5.65 Å². The van der Waals surface area contributed by atoms with Crippen LogP contribution in [0.15, 0.2) is 24.8 Å². The van der Waals surface area contributed by atoms with Crippen molar-refractivity contribution in [3.63, 3.8) is 0 Å². The lowest BCUT2D eigenvalue weighted by molar-refractivity contribution is 0.0879. The number of aromatic nitrogens is 3. The van der Waals surface area contributed by atoms with Crippen LogP contribution in [0.5, 0.6) is 0 Å². The largest absolute Gasteiger partial charge is 0.315 e. The van der Waals surface area contributed by atoms with E-state index in [0.717, 1.165) is 0 Å². The Morgan fingerprint density at radius 3 is 2.80 bits per heavy atom. The molecule has 3 rings (SSSR count). The summed E-state index contributed by atoms with van der Waals surface area (Å²) in [5, 5.41) is 0. The molecule has 0 radical (unpaired) electrons. The van der Waals surface area contributed by atoms with E-state index in [0.29, 0.717) is 11.3 Å². The fourth-order valence-corrected chi connectivity index (χ4v) is 1.76. The van der Waals surface area contributed by atoms with E-state index in [1.807, 2.05) is 0 Å². The number of hydrogen-bond donors (Lipinski definition) is 1. The lowest BCUT2D eigenvalue weighted by Gasteiger charge is -2.09. The Hall–Kier alpha value is -1.56. The second-order valence-corrected chi connectivity index (χ2v) is 3.80. The van der Waals surface area contributed by atoms with Crippen molar-refractivity contribution in [1.82, 2.24) is 14.4 Å². The first kappa shape index (κ1) is 8.72. The third kappa shape index (κ3) is 0.967. The highest BCUT2D eigenvalue weighted by atomic mass is 19.3. The van der Waals surface area contributed by atoms with E-state index in [-0.39, 0.29) is 6.42 Å². The lowest BCUT2D eigenvalue weighted by atomic mass is 10.2. The van der Waals surface area contributed by atoms with Crippen LogP contribution in [0.25, 0.3) is 5.65 Å². The molecule has 4 nitrogen and oxygen atoms in total. The van der Waals surface area contributed by atoms with E-state index in [1.54, 1.807) is 10.6 Å². The normalized spacial score (nSPS) is 28.2. The molecule has 1 saturated carbocycles. The van der Waals surface area contributed by atoms with Crippen molar-refractivity contribution in [2.24, 2.45) is 5.73 Å². The van der Waals surface area contributed by atoms with Gasteiger partial charge < -0.3 is 5.73 Å². The molecule has 1 fully saturated rings. The summed E-state index contributed by atoms with van der Waals surface area (Å²) in [6.45, 7) is 0. The molecule has 2 aromatic heterocycles. The van der Waals surface area contributed by atoms with Gasteiger partial charge in [-0.15, -0.1) is 0 Å². The molecule has 6 heteroatoms. The Balaban J connectivity index is 2.21. The first-order chi connectivity index (χ1) is 7.05. The molecule has 0 spiro atoms. The summed E-state index contributed by atoms with van der Waals surface area (Å²) < 4.78 is 27.7. The van der Waals surface area contributed by atoms with Crippen molar-refractivity contribution in [3.8, 4) is 0 Å². The predicted octanol–water partition coefficient (Wildman–Crippen LogP) is 0.922. The van der Waals surface area contributed by atoms with Crippen molar-refractivity contribution in [2.75, 3.05) is 0 Å². The van der Waals surface area contributed by atoms with Gasteiger partial charge in [-0.2, -0.15) is 0 Å². The second-order valence-electron chi connectivity index (χ2n) is 3.80. The van der Waals surface area contributed by atoms with Crippen molar-refractivity contribution < 1.29 is 8.78 Å². The molecular formula is C9H8F2N4. The van der Waals surface area contributed by atoms with Gasteiger partial charge in [0.1, 0.15) is 5.54 Å². The molecule has 2 heterocycles. The van der Waals surface area contributed by atoms with E-state index in [9.17, 15) is 8.78 Å². The summed E-state index contributed by atoms with van der Waals surface area (Å²) in [5.41, 5.74) is 4.93. The zero-order chi connectivity index (χ0) is 10.7. The summed E-state index contributed by atoms with van der Waals surface area (Å²) in [7, 11) is 0. The molecule has 0 aliphatic heterocycles. The fraction of sp³-hybridized carbons (Fsp3) is 0.333. The van der Waals surface area contributed by atoms with E-state index >= 15 is 0 Å². The molecule has 78 valence electrons. The van der Waals surface area contributed by atoms with Gasteiger partial charge in [-0.05, 0) is 0 Å². The van der Waals surface area contributed by atoms with Crippen LogP contribution in [-0.4, -0.2) is 20.3 Å². The van der Waals surface area contributed by atoms with Gasteiger partial charge in [0.15, 0.2) is 5.65 Å². The highest BCUT2D eigenvalue weighted by Gasteiger charge is 2.71. The number of nitrogens with zero attached hydrogens (tertiary/aromatic N) is 3. The van der Waals surface area contributed by atoms with Crippen LogP contribution in [0.4, 0.5) is 8.78 Å². The number of hydrogen-bond acceptors (Lipinski definition) is 3. The van der Waals surface area contributed by atoms with E-state index in [2.05, 4.69) is 9.97 Å². The Labute approximate surface area is 83.7 Å². The summed E-state index contributed by atoms with van der Waals surface area (Å²) in [6.07, 6.45) is 5.67. The number of halogens is 2. The minimum Gasteiger partial charge on any atom is -0.315 e. The lowest BCUT2D eigenvalue weighted by Crippen LogP contribution is -2.28. The van der Waals surface area contributed by atoms with E-state index in [1.165, 1.54) is 18.6 Å². The average molecular weight is 210 g/mol. The Morgan fingerprint density at radius 2 is 2.13 bits per heavy atom. The molecule has 15 heavy (non-hydrogen) atoms. The van der Waals surface area contributed by atoms with Crippen LogP contribution in [0.3, 0.4) is 0 Å². The molecule has 0 bridgehead atoms. The number of nitrogens with two attached hydrogens (primary N) is 1. The van der Waals surface area contributed by atoms with Gasteiger partial charge in [-0.3, -0.25) is 9.38 Å². The molecule has 2 aromatic rings. The number of imidazole rings is 1. The van der Waals surface area contributed by atoms with Crippen LogP contribution in [-0.2, 0) is 5.54 Å². The van der Waals surface area contributed by atoms with Gasteiger partial charge >= 0.3 is 0 Å². The van der Waals surface area contributed by atoms with Crippen LogP contribution in [0, 0.1) is 0 Å². The van der Waals surface area contributed by atoms with Crippen molar-refractivity contribution in [2.45, 2.75) is 17.9 Å². The smallest absolute Gasteiger partial charge is 0.273 e. The van der Waals surface area contributed by atoms with E-state index in [4.69, 9.17) is 5.73 Å². The average Bonchev–Trinajstić information content (AvgIpc) is 2.61. The van der Waals surface area contributed by atoms with Crippen molar-refractivity contribution in [1.29, 1.82) is 0 Å². The summed E-state index contributed by atoms with van der Waals surface area (Å²) in [6, 6.07) is 0. The topological polar surface area (TPSA) is 56.2 Å². The van der Waals surface area contributed by atoms with Gasteiger partial charge in [0, 0.05) is 18.8 Å². The maximum Gasteiger partial charge on any atom is 0.273 e. The SMILES string of the molecule is NC1(c2cnc3cnccn23)CC1(F)F. The molecule has 1 atom stereocenters. The molecule has 1 aliphatic carbocycles. The third-order valence-corrected chi connectivity index (χ3v) is 2.80. The Bertz CT molecular complexity index is 536. The first-order valence-electron chi connectivity index (χ1n) is 4.49. The summed E-state index contributed by atoms with van der Waals surface area (Å²) in [4.78, 5) is 7.83. The third-order valence-electron chi connectivity index (χ3n) is 2.80. The molecular weight excluding hydrogens is 202 g/mol. The number of alkyl halides is 2. The summed E-state index contributed by atoms with van der Waals surface area (Å²) in [5.74, 6) is -2.83. The van der Waals surface area contributed by atoms with Crippen LogP contribution >= 0.6 is 0 Å². The molecule has 0 aromatic carbocycles. The number of fused-ring (bicyclic) bond motifs is 1. The van der Waals surface area contributed by atoms with Crippen LogP contribution in [0.1, 0.15) is 12.1 Å². The van der Waals surface area contributed by atoms with Gasteiger partial charge in [0.25, 0.3) is 5.92 Å². The quantitative estimate of drug-likeness (QED) is 0.761. The minimum atomic E-state index is -2.83. The Morgan fingerprint density at radius 1 is 1.40 bits per heavy atom. The minimum absolute atomic E-state index is 0.323. The zero-order valence-corrected chi connectivity index (χ0v) is 7.69.